The van der Waals surface area contributed by atoms with Crippen LogP contribution in [-0.4, -0.2) is 11.1 Å². The number of ether oxygens (including phenoxy) is 1. The van der Waals surface area contributed by atoms with E-state index in [1.807, 2.05) is 38.1 Å². The molecule has 2 rings (SSSR count). The fourth-order valence-electron chi connectivity index (χ4n) is 2.71. The van der Waals surface area contributed by atoms with Gasteiger partial charge in [0, 0.05) is 6.42 Å². The zero-order chi connectivity index (χ0) is 17.9. The molecule has 2 aromatic rings. The minimum absolute atomic E-state index is 0.151. The van der Waals surface area contributed by atoms with Gasteiger partial charge in [-0.2, -0.15) is 0 Å². The van der Waals surface area contributed by atoms with E-state index in [0.717, 1.165) is 22.3 Å². The number of hydrogen-bond donors (Lipinski definition) is 1. The molecule has 0 aliphatic carbocycles. The van der Waals surface area contributed by atoms with Crippen LogP contribution in [0.5, 0.6) is 11.5 Å². The first kappa shape index (κ1) is 18.1. The van der Waals surface area contributed by atoms with Crippen LogP contribution in [0.15, 0.2) is 36.4 Å². The summed E-state index contributed by atoms with van der Waals surface area (Å²) in [5, 5.41) is 10.4. The van der Waals surface area contributed by atoms with E-state index in [1.165, 1.54) is 0 Å². The first-order chi connectivity index (χ1) is 11.2. The molecule has 3 nitrogen and oxygen atoms in total. The highest BCUT2D eigenvalue weighted by Gasteiger charge is 2.22. The minimum Gasteiger partial charge on any atom is -0.507 e. The number of hydrogen-bond acceptors (Lipinski definition) is 3. The quantitative estimate of drug-likeness (QED) is 0.645. The van der Waals surface area contributed by atoms with Crippen molar-refractivity contribution < 1.29 is 14.6 Å². The van der Waals surface area contributed by atoms with Gasteiger partial charge in [-0.1, -0.05) is 45.0 Å². The summed E-state index contributed by atoms with van der Waals surface area (Å²) in [5.41, 5.74) is 3.76. The number of esters is 1. The van der Waals surface area contributed by atoms with Crippen LogP contribution in [0.25, 0.3) is 0 Å². The van der Waals surface area contributed by atoms with Crippen molar-refractivity contribution >= 4 is 5.97 Å². The van der Waals surface area contributed by atoms with Crippen molar-refractivity contribution in [3.63, 3.8) is 0 Å². The predicted molar refractivity (Wildman–Crippen MR) is 96.7 cm³/mol. The third kappa shape index (κ3) is 4.16. The maximum atomic E-state index is 12.1. The molecule has 0 heterocycles. The summed E-state index contributed by atoms with van der Waals surface area (Å²) >= 11 is 0. The predicted octanol–water partition coefficient (Wildman–Crippen LogP) is 4.84. The SMILES string of the molecule is Cc1c(CCC(=O)Oc2ccccc2)cc(C(C)(C)C)c(O)c1C. The fourth-order valence-corrected chi connectivity index (χ4v) is 2.71. The molecule has 0 aliphatic heterocycles. The minimum atomic E-state index is -0.247. The van der Waals surface area contributed by atoms with Crippen LogP contribution in [0.3, 0.4) is 0 Å². The summed E-state index contributed by atoms with van der Waals surface area (Å²) in [6, 6.07) is 11.1. The second-order valence-electron chi connectivity index (χ2n) is 7.22. The summed E-state index contributed by atoms with van der Waals surface area (Å²) in [6.45, 7) is 10.1. The highest BCUT2D eigenvalue weighted by Crippen LogP contribution is 2.36. The molecule has 0 saturated heterocycles. The lowest BCUT2D eigenvalue weighted by Crippen LogP contribution is -2.14. The highest BCUT2D eigenvalue weighted by molar-refractivity contribution is 5.72. The van der Waals surface area contributed by atoms with E-state index in [2.05, 4.69) is 20.8 Å². The van der Waals surface area contributed by atoms with E-state index < -0.39 is 0 Å². The molecule has 0 spiro atoms. The summed E-state index contributed by atoms with van der Waals surface area (Å²) in [6.07, 6.45) is 0.908. The van der Waals surface area contributed by atoms with Crippen molar-refractivity contribution in [2.24, 2.45) is 0 Å². The highest BCUT2D eigenvalue weighted by atomic mass is 16.5. The van der Waals surface area contributed by atoms with Gasteiger partial charge in [0.25, 0.3) is 0 Å². The van der Waals surface area contributed by atoms with Gasteiger partial charge in [-0.3, -0.25) is 4.79 Å². The van der Waals surface area contributed by atoms with E-state index in [-0.39, 0.29) is 11.4 Å². The molecule has 0 radical (unpaired) electrons. The van der Waals surface area contributed by atoms with E-state index in [9.17, 15) is 9.90 Å². The normalized spacial score (nSPS) is 11.4. The number of carbonyl (C=O) groups is 1. The van der Waals surface area contributed by atoms with Crippen molar-refractivity contribution in [3.8, 4) is 11.5 Å². The van der Waals surface area contributed by atoms with Crippen LogP contribution in [0.1, 0.15) is 49.4 Å². The van der Waals surface area contributed by atoms with E-state index in [4.69, 9.17) is 4.74 Å². The Labute approximate surface area is 144 Å². The average molecular weight is 326 g/mol. The first-order valence-electron chi connectivity index (χ1n) is 8.28. The number of aromatic hydroxyl groups is 1. The van der Waals surface area contributed by atoms with Gasteiger partial charge in [-0.05, 0) is 60.1 Å². The Hall–Kier alpha value is -2.29. The van der Waals surface area contributed by atoms with Crippen LogP contribution >= 0.6 is 0 Å². The topological polar surface area (TPSA) is 46.5 Å². The summed E-state index contributed by atoms with van der Waals surface area (Å²) in [7, 11) is 0. The summed E-state index contributed by atoms with van der Waals surface area (Å²) < 4.78 is 5.34. The molecule has 0 atom stereocenters. The van der Waals surface area contributed by atoms with Crippen molar-refractivity contribution in [1.29, 1.82) is 0 Å². The molecule has 0 bridgehead atoms. The number of para-hydroxylation sites is 1. The Kier molecular flexibility index (Phi) is 5.33. The lowest BCUT2D eigenvalue weighted by Gasteiger charge is -2.24. The monoisotopic (exact) mass is 326 g/mol. The second kappa shape index (κ2) is 7.08. The van der Waals surface area contributed by atoms with Crippen molar-refractivity contribution in [2.75, 3.05) is 0 Å². The number of aryl methyl sites for hydroxylation is 1. The first-order valence-corrected chi connectivity index (χ1v) is 8.28. The smallest absolute Gasteiger partial charge is 0.311 e. The van der Waals surface area contributed by atoms with Crippen molar-refractivity contribution in [2.45, 2.75) is 52.9 Å². The van der Waals surface area contributed by atoms with Gasteiger partial charge < -0.3 is 9.84 Å². The largest absolute Gasteiger partial charge is 0.507 e. The standard InChI is InChI=1S/C21H26O3/c1-14-15(2)20(23)18(21(3,4)5)13-16(14)11-12-19(22)24-17-9-7-6-8-10-17/h6-10,13,23H,11-12H2,1-5H3. The van der Waals surface area contributed by atoms with Gasteiger partial charge in [0.05, 0.1) is 0 Å². The van der Waals surface area contributed by atoms with Gasteiger partial charge in [0.1, 0.15) is 11.5 Å². The molecule has 1 N–H and O–H groups in total. The molecule has 0 unspecified atom stereocenters. The number of carbonyl (C=O) groups excluding carboxylic acids is 1. The maximum Gasteiger partial charge on any atom is 0.311 e. The third-order valence-corrected chi connectivity index (χ3v) is 4.35. The second-order valence-corrected chi connectivity index (χ2v) is 7.22. The van der Waals surface area contributed by atoms with E-state index in [1.54, 1.807) is 12.1 Å². The Morgan fingerprint density at radius 1 is 1.08 bits per heavy atom. The van der Waals surface area contributed by atoms with Crippen LogP contribution in [0.2, 0.25) is 0 Å². The molecular weight excluding hydrogens is 300 g/mol. The van der Waals surface area contributed by atoms with Gasteiger partial charge >= 0.3 is 5.97 Å². The van der Waals surface area contributed by atoms with Crippen molar-refractivity contribution in [1.82, 2.24) is 0 Å². The fraction of sp³-hybridized carbons (Fsp3) is 0.381. The molecular formula is C21H26O3. The summed E-state index contributed by atoms with van der Waals surface area (Å²) in [5.74, 6) is 0.677. The Morgan fingerprint density at radius 3 is 2.29 bits per heavy atom. The number of phenolic OH excluding ortho intramolecular Hbond substituents is 1. The molecule has 0 fully saturated rings. The number of rotatable bonds is 4. The van der Waals surface area contributed by atoms with Crippen LogP contribution < -0.4 is 4.74 Å². The molecule has 0 saturated carbocycles. The zero-order valence-corrected chi connectivity index (χ0v) is 15.1. The van der Waals surface area contributed by atoms with E-state index in [0.29, 0.717) is 24.3 Å². The van der Waals surface area contributed by atoms with Crippen LogP contribution in [0.4, 0.5) is 0 Å². The van der Waals surface area contributed by atoms with Gasteiger partial charge in [0.2, 0.25) is 0 Å². The third-order valence-electron chi connectivity index (χ3n) is 4.35. The number of phenols is 1. The van der Waals surface area contributed by atoms with Crippen molar-refractivity contribution in [3.05, 3.63) is 58.7 Å². The molecule has 0 aromatic heterocycles. The molecule has 0 aliphatic rings. The van der Waals surface area contributed by atoms with Gasteiger partial charge in [-0.25, -0.2) is 0 Å². The van der Waals surface area contributed by atoms with Crippen LogP contribution in [0, 0.1) is 13.8 Å². The lowest BCUT2D eigenvalue weighted by molar-refractivity contribution is -0.134. The van der Waals surface area contributed by atoms with E-state index >= 15 is 0 Å². The molecule has 3 heteroatoms. The average Bonchev–Trinajstić information content (AvgIpc) is 2.51. The molecule has 0 amide bonds. The van der Waals surface area contributed by atoms with Gasteiger partial charge in [0.15, 0.2) is 0 Å². The maximum absolute atomic E-state index is 12.1. The summed E-state index contributed by atoms with van der Waals surface area (Å²) in [4.78, 5) is 12.1. The molecule has 2 aromatic carbocycles. The lowest BCUT2D eigenvalue weighted by atomic mass is 9.82. The van der Waals surface area contributed by atoms with Crippen LogP contribution in [-0.2, 0) is 16.6 Å². The van der Waals surface area contributed by atoms with Gasteiger partial charge in [-0.15, -0.1) is 0 Å². The molecule has 24 heavy (non-hydrogen) atoms. The zero-order valence-electron chi connectivity index (χ0n) is 15.1. The Bertz CT molecular complexity index is 725. The molecule has 128 valence electrons. The Balaban J connectivity index is 2.15. The Morgan fingerprint density at radius 2 is 1.71 bits per heavy atom. The number of benzene rings is 2.